The van der Waals surface area contributed by atoms with E-state index < -0.39 is 0 Å². The number of nitrogens with one attached hydrogen (secondary N) is 1. The minimum Gasteiger partial charge on any atom is -0.506 e. The van der Waals surface area contributed by atoms with Gasteiger partial charge in [-0.25, -0.2) is 0 Å². The van der Waals surface area contributed by atoms with E-state index in [1.54, 1.807) is 6.07 Å². The monoisotopic (exact) mass is 234 g/mol. The Bertz CT molecular complexity index is 427. The molecule has 0 aliphatic heterocycles. The summed E-state index contributed by atoms with van der Waals surface area (Å²) in [5.41, 5.74) is 6.22. The maximum absolute atomic E-state index is 11.9. The first-order valence-corrected chi connectivity index (χ1v) is 5.97. The second-order valence-electron chi connectivity index (χ2n) is 4.73. The van der Waals surface area contributed by atoms with Crippen LogP contribution in [0.25, 0.3) is 0 Å². The van der Waals surface area contributed by atoms with Crippen LogP contribution < -0.4 is 11.1 Å². The summed E-state index contributed by atoms with van der Waals surface area (Å²) in [6.07, 6.45) is 3.64. The van der Waals surface area contributed by atoms with E-state index in [9.17, 15) is 9.90 Å². The molecule has 0 heterocycles. The Balaban J connectivity index is 2.01. The first-order valence-electron chi connectivity index (χ1n) is 5.97. The zero-order chi connectivity index (χ0) is 12.4. The fraction of sp³-hybridized carbons (Fsp3) is 0.462. The average molecular weight is 234 g/mol. The third-order valence-corrected chi connectivity index (χ3v) is 3.51. The molecular formula is C13H18N2O2. The van der Waals surface area contributed by atoms with Gasteiger partial charge in [0, 0.05) is 11.6 Å². The van der Waals surface area contributed by atoms with E-state index >= 15 is 0 Å². The number of hydrogen-bond donors (Lipinski definition) is 3. The average Bonchev–Trinajstić information content (AvgIpc) is 2.19. The van der Waals surface area contributed by atoms with Crippen molar-refractivity contribution in [3.05, 3.63) is 23.8 Å². The molecule has 2 rings (SSSR count). The number of amides is 1. The summed E-state index contributed by atoms with van der Waals surface area (Å²) in [5.74, 6) is 0.398. The zero-order valence-electron chi connectivity index (χ0n) is 9.94. The largest absolute Gasteiger partial charge is 0.506 e. The molecule has 1 unspecified atom stereocenters. The highest BCUT2D eigenvalue weighted by Crippen LogP contribution is 2.29. The van der Waals surface area contributed by atoms with Crippen molar-refractivity contribution in [3.8, 4) is 5.75 Å². The zero-order valence-corrected chi connectivity index (χ0v) is 9.94. The first kappa shape index (κ1) is 11.8. The number of aromatic hydroxyl groups is 1. The Morgan fingerprint density at radius 2 is 2.24 bits per heavy atom. The molecule has 1 aromatic carbocycles. The summed E-state index contributed by atoms with van der Waals surface area (Å²) < 4.78 is 0. The van der Waals surface area contributed by atoms with E-state index in [4.69, 9.17) is 5.73 Å². The van der Waals surface area contributed by atoms with E-state index in [1.165, 1.54) is 31.4 Å². The molecule has 1 aliphatic rings. The first-order chi connectivity index (χ1) is 8.08. The standard InChI is InChI=1S/C13H18N2O2/c1-8(9-3-2-4-9)15-13(17)10-5-6-11(14)12(16)7-10/h5-9,16H,2-4,14H2,1H3,(H,15,17). The molecule has 1 aliphatic carbocycles. The van der Waals surface area contributed by atoms with Gasteiger partial charge >= 0.3 is 0 Å². The number of hydrogen-bond acceptors (Lipinski definition) is 3. The molecule has 0 aromatic heterocycles. The van der Waals surface area contributed by atoms with Gasteiger partial charge in [-0.05, 0) is 43.9 Å². The number of carbonyl (C=O) groups is 1. The summed E-state index contributed by atoms with van der Waals surface area (Å²) in [6, 6.07) is 4.75. The van der Waals surface area contributed by atoms with Crippen molar-refractivity contribution in [2.75, 3.05) is 5.73 Å². The summed E-state index contributed by atoms with van der Waals surface area (Å²) in [7, 11) is 0. The minimum atomic E-state index is -0.153. The van der Waals surface area contributed by atoms with Gasteiger partial charge in [0.1, 0.15) is 5.75 Å². The Labute approximate surface area is 101 Å². The van der Waals surface area contributed by atoms with Gasteiger partial charge in [-0.1, -0.05) is 6.42 Å². The molecule has 4 heteroatoms. The van der Waals surface area contributed by atoms with Crippen molar-refractivity contribution in [2.45, 2.75) is 32.2 Å². The lowest BCUT2D eigenvalue weighted by Gasteiger charge is -2.31. The third kappa shape index (κ3) is 2.52. The maximum atomic E-state index is 11.9. The highest BCUT2D eigenvalue weighted by atomic mass is 16.3. The molecule has 1 saturated carbocycles. The number of phenols is 1. The van der Waals surface area contributed by atoms with E-state index in [1.807, 2.05) is 6.92 Å². The van der Waals surface area contributed by atoms with Gasteiger partial charge in [-0.3, -0.25) is 4.79 Å². The van der Waals surface area contributed by atoms with Crippen molar-refractivity contribution in [3.63, 3.8) is 0 Å². The van der Waals surface area contributed by atoms with Crippen molar-refractivity contribution in [1.29, 1.82) is 0 Å². The van der Waals surface area contributed by atoms with Crippen LogP contribution in [0.1, 0.15) is 36.5 Å². The molecule has 0 spiro atoms. The Hall–Kier alpha value is -1.71. The number of anilines is 1. The molecular weight excluding hydrogens is 216 g/mol. The fourth-order valence-corrected chi connectivity index (χ4v) is 2.03. The maximum Gasteiger partial charge on any atom is 0.251 e. The van der Waals surface area contributed by atoms with Crippen LogP contribution in [-0.4, -0.2) is 17.1 Å². The predicted octanol–water partition coefficient (Wildman–Crippen LogP) is 1.89. The predicted molar refractivity (Wildman–Crippen MR) is 66.8 cm³/mol. The van der Waals surface area contributed by atoms with Gasteiger partial charge in [0.2, 0.25) is 0 Å². The summed E-state index contributed by atoms with van der Waals surface area (Å²) in [6.45, 7) is 2.03. The van der Waals surface area contributed by atoms with Crippen LogP contribution in [0.5, 0.6) is 5.75 Å². The van der Waals surface area contributed by atoms with Crippen molar-refractivity contribution in [1.82, 2.24) is 5.32 Å². The molecule has 0 saturated heterocycles. The van der Waals surface area contributed by atoms with Crippen molar-refractivity contribution >= 4 is 11.6 Å². The fourth-order valence-electron chi connectivity index (χ4n) is 2.03. The highest BCUT2D eigenvalue weighted by molar-refractivity contribution is 5.95. The topological polar surface area (TPSA) is 75.4 Å². The molecule has 1 amide bonds. The lowest BCUT2D eigenvalue weighted by atomic mass is 9.80. The van der Waals surface area contributed by atoms with Crippen LogP contribution in [0.3, 0.4) is 0 Å². The molecule has 1 fully saturated rings. The van der Waals surface area contributed by atoms with Crippen molar-refractivity contribution in [2.24, 2.45) is 5.92 Å². The van der Waals surface area contributed by atoms with Gasteiger partial charge in [0.05, 0.1) is 5.69 Å². The quantitative estimate of drug-likeness (QED) is 0.552. The third-order valence-electron chi connectivity index (χ3n) is 3.51. The molecule has 0 radical (unpaired) electrons. The highest BCUT2D eigenvalue weighted by Gasteiger charge is 2.25. The Morgan fingerprint density at radius 1 is 1.53 bits per heavy atom. The number of rotatable bonds is 3. The van der Waals surface area contributed by atoms with Crippen LogP contribution in [0, 0.1) is 5.92 Å². The number of phenolic OH excluding ortho intramolecular Hbond substituents is 1. The van der Waals surface area contributed by atoms with Gasteiger partial charge < -0.3 is 16.2 Å². The Kier molecular flexibility index (Phi) is 3.22. The van der Waals surface area contributed by atoms with E-state index in [2.05, 4.69) is 5.32 Å². The smallest absolute Gasteiger partial charge is 0.251 e. The second kappa shape index (κ2) is 4.65. The summed E-state index contributed by atoms with van der Waals surface area (Å²) in [4.78, 5) is 11.9. The van der Waals surface area contributed by atoms with E-state index in [0.29, 0.717) is 11.5 Å². The SMILES string of the molecule is CC(NC(=O)c1ccc(N)c(O)c1)C1CCC1. The van der Waals surface area contributed by atoms with Gasteiger partial charge in [-0.15, -0.1) is 0 Å². The number of benzene rings is 1. The lowest BCUT2D eigenvalue weighted by Crippen LogP contribution is -2.40. The van der Waals surface area contributed by atoms with Crippen LogP contribution >= 0.6 is 0 Å². The number of nitrogen functional groups attached to an aromatic ring is 1. The van der Waals surface area contributed by atoms with E-state index in [-0.39, 0.29) is 23.4 Å². The van der Waals surface area contributed by atoms with Crippen LogP contribution in [0.4, 0.5) is 5.69 Å². The molecule has 4 nitrogen and oxygen atoms in total. The van der Waals surface area contributed by atoms with Crippen LogP contribution in [0.2, 0.25) is 0 Å². The van der Waals surface area contributed by atoms with Gasteiger partial charge in [0.25, 0.3) is 5.91 Å². The lowest BCUT2D eigenvalue weighted by molar-refractivity contribution is 0.0909. The molecule has 17 heavy (non-hydrogen) atoms. The van der Waals surface area contributed by atoms with E-state index in [0.717, 1.165) is 0 Å². The van der Waals surface area contributed by atoms with Gasteiger partial charge in [-0.2, -0.15) is 0 Å². The molecule has 4 N–H and O–H groups in total. The minimum absolute atomic E-state index is 0.0473. The van der Waals surface area contributed by atoms with Crippen LogP contribution in [0.15, 0.2) is 18.2 Å². The molecule has 1 aromatic rings. The number of carbonyl (C=O) groups excluding carboxylic acids is 1. The van der Waals surface area contributed by atoms with Crippen molar-refractivity contribution < 1.29 is 9.90 Å². The number of nitrogens with two attached hydrogens (primary N) is 1. The summed E-state index contributed by atoms with van der Waals surface area (Å²) in [5, 5.41) is 12.4. The summed E-state index contributed by atoms with van der Waals surface area (Å²) >= 11 is 0. The molecule has 0 bridgehead atoms. The Morgan fingerprint density at radius 3 is 2.76 bits per heavy atom. The molecule has 1 atom stereocenters. The molecule has 92 valence electrons. The van der Waals surface area contributed by atoms with Crippen LogP contribution in [-0.2, 0) is 0 Å². The van der Waals surface area contributed by atoms with Gasteiger partial charge in [0.15, 0.2) is 0 Å². The normalized spacial score (nSPS) is 17.2. The second-order valence-corrected chi connectivity index (χ2v) is 4.73.